The normalized spacial score (nSPS) is 14.6. The molecule has 1 amide bonds. The van der Waals surface area contributed by atoms with Crippen LogP contribution < -0.4 is 10.2 Å². The van der Waals surface area contributed by atoms with E-state index in [1.54, 1.807) is 0 Å². The molecule has 1 fully saturated rings. The number of piperidine rings is 1. The minimum absolute atomic E-state index is 0.0241. The molecular formula is C24H26N4O. The van der Waals surface area contributed by atoms with Gasteiger partial charge in [0.25, 0.3) is 0 Å². The Bertz CT molecular complexity index is 931. The van der Waals surface area contributed by atoms with E-state index >= 15 is 0 Å². The molecule has 0 saturated carbocycles. The van der Waals surface area contributed by atoms with Crippen LogP contribution in [0.4, 0.5) is 11.5 Å². The number of aromatic nitrogens is 2. The molecule has 1 aromatic heterocycles. The van der Waals surface area contributed by atoms with Gasteiger partial charge in [0.1, 0.15) is 0 Å². The number of carbonyl (C=O) groups excluding carboxylic acids is 1. The molecule has 1 aliphatic rings. The molecule has 29 heavy (non-hydrogen) atoms. The van der Waals surface area contributed by atoms with Crippen LogP contribution in [-0.4, -0.2) is 29.2 Å². The number of nitrogens with one attached hydrogen (secondary N) is 1. The number of rotatable bonds is 5. The molecule has 2 aromatic carbocycles. The molecule has 0 atom stereocenters. The number of benzene rings is 2. The first-order chi connectivity index (χ1) is 14.2. The fraction of sp³-hybridized carbons (Fsp3) is 0.292. The van der Waals surface area contributed by atoms with Gasteiger partial charge in [0.05, 0.1) is 12.1 Å². The summed E-state index contributed by atoms with van der Waals surface area (Å²) in [5, 5.41) is 11.8. The second-order valence-corrected chi connectivity index (χ2v) is 7.73. The van der Waals surface area contributed by atoms with Gasteiger partial charge in [-0.25, -0.2) is 0 Å². The monoisotopic (exact) mass is 386 g/mol. The minimum Gasteiger partial charge on any atom is -0.355 e. The zero-order valence-corrected chi connectivity index (χ0v) is 16.7. The fourth-order valence-electron chi connectivity index (χ4n) is 3.60. The Morgan fingerprint density at radius 3 is 2.34 bits per heavy atom. The summed E-state index contributed by atoms with van der Waals surface area (Å²) in [6.07, 6.45) is 2.78. The highest BCUT2D eigenvalue weighted by Crippen LogP contribution is 2.24. The molecule has 4 rings (SSSR count). The Morgan fingerprint density at radius 2 is 1.69 bits per heavy atom. The second-order valence-electron chi connectivity index (χ2n) is 7.73. The molecule has 0 spiro atoms. The van der Waals surface area contributed by atoms with Crippen molar-refractivity contribution in [1.29, 1.82) is 0 Å². The molecule has 5 nitrogen and oxygen atoms in total. The first-order valence-electron chi connectivity index (χ1n) is 10.2. The van der Waals surface area contributed by atoms with Gasteiger partial charge in [0.15, 0.2) is 5.82 Å². The number of anilines is 2. The zero-order chi connectivity index (χ0) is 20.1. The Kier molecular flexibility index (Phi) is 5.84. The molecule has 2 heterocycles. The fourth-order valence-corrected chi connectivity index (χ4v) is 3.60. The summed E-state index contributed by atoms with van der Waals surface area (Å²) >= 11 is 0. The van der Waals surface area contributed by atoms with Gasteiger partial charge in [-0.1, -0.05) is 49.4 Å². The van der Waals surface area contributed by atoms with Crippen molar-refractivity contribution in [2.45, 2.75) is 26.2 Å². The van der Waals surface area contributed by atoms with Crippen LogP contribution in [0.1, 0.15) is 25.3 Å². The summed E-state index contributed by atoms with van der Waals surface area (Å²) in [4.78, 5) is 14.5. The van der Waals surface area contributed by atoms with Crippen molar-refractivity contribution in [2.75, 3.05) is 23.3 Å². The number of carbonyl (C=O) groups is 1. The van der Waals surface area contributed by atoms with E-state index in [2.05, 4.69) is 27.3 Å². The van der Waals surface area contributed by atoms with Crippen LogP contribution in [-0.2, 0) is 11.2 Å². The molecule has 1 saturated heterocycles. The third-order valence-corrected chi connectivity index (χ3v) is 5.43. The van der Waals surface area contributed by atoms with Crippen LogP contribution in [0.3, 0.4) is 0 Å². The van der Waals surface area contributed by atoms with E-state index in [0.717, 1.165) is 47.3 Å². The lowest BCUT2D eigenvalue weighted by atomic mass is 9.99. The Morgan fingerprint density at radius 1 is 0.966 bits per heavy atom. The molecule has 0 aliphatic carbocycles. The molecule has 0 radical (unpaired) electrons. The molecule has 1 aliphatic heterocycles. The van der Waals surface area contributed by atoms with Gasteiger partial charge in [0.2, 0.25) is 5.91 Å². The van der Waals surface area contributed by atoms with E-state index in [9.17, 15) is 4.79 Å². The quantitative estimate of drug-likeness (QED) is 0.698. The summed E-state index contributed by atoms with van der Waals surface area (Å²) in [5.41, 5.74) is 3.60. The predicted octanol–water partition coefficient (Wildman–Crippen LogP) is 4.56. The summed E-state index contributed by atoms with van der Waals surface area (Å²) in [7, 11) is 0. The summed E-state index contributed by atoms with van der Waals surface area (Å²) in [5.74, 6) is 1.72. The van der Waals surface area contributed by atoms with Crippen molar-refractivity contribution in [2.24, 2.45) is 5.92 Å². The van der Waals surface area contributed by atoms with Gasteiger partial charge in [-0.05, 0) is 48.6 Å². The first kappa shape index (κ1) is 19.1. The minimum atomic E-state index is -0.0241. The van der Waals surface area contributed by atoms with Gasteiger partial charge in [-0.3, -0.25) is 4.79 Å². The predicted molar refractivity (Wildman–Crippen MR) is 117 cm³/mol. The van der Waals surface area contributed by atoms with Gasteiger partial charge in [-0.2, -0.15) is 0 Å². The van der Waals surface area contributed by atoms with Gasteiger partial charge in [-0.15, -0.1) is 10.2 Å². The summed E-state index contributed by atoms with van der Waals surface area (Å²) in [6, 6.07) is 21.5. The van der Waals surface area contributed by atoms with Crippen LogP contribution in [0.25, 0.3) is 11.3 Å². The Balaban J connectivity index is 1.37. The lowest BCUT2D eigenvalue weighted by Gasteiger charge is -2.30. The van der Waals surface area contributed by atoms with E-state index in [1.807, 2.05) is 66.7 Å². The SMILES string of the molecule is CC1CCN(c2ccc(-c3ccc(NC(=O)Cc4ccccc4)cc3)nn2)CC1. The highest BCUT2D eigenvalue weighted by atomic mass is 16.1. The van der Waals surface area contributed by atoms with Crippen molar-refractivity contribution in [3.8, 4) is 11.3 Å². The Labute approximate surface area is 171 Å². The highest BCUT2D eigenvalue weighted by molar-refractivity contribution is 5.92. The molecule has 0 bridgehead atoms. The van der Waals surface area contributed by atoms with Crippen molar-refractivity contribution in [1.82, 2.24) is 10.2 Å². The molecule has 0 unspecified atom stereocenters. The van der Waals surface area contributed by atoms with Crippen LogP contribution in [0.5, 0.6) is 0 Å². The first-order valence-corrected chi connectivity index (χ1v) is 10.2. The van der Waals surface area contributed by atoms with Crippen molar-refractivity contribution >= 4 is 17.4 Å². The summed E-state index contributed by atoms with van der Waals surface area (Å²) in [6.45, 7) is 4.40. The second kappa shape index (κ2) is 8.86. The average Bonchev–Trinajstić information content (AvgIpc) is 2.76. The third kappa shape index (κ3) is 4.99. The van der Waals surface area contributed by atoms with Gasteiger partial charge in [0, 0.05) is 24.3 Å². The van der Waals surface area contributed by atoms with Crippen LogP contribution in [0.2, 0.25) is 0 Å². The van der Waals surface area contributed by atoms with Crippen molar-refractivity contribution in [3.05, 3.63) is 72.3 Å². The maximum Gasteiger partial charge on any atom is 0.228 e. The van der Waals surface area contributed by atoms with E-state index in [0.29, 0.717) is 6.42 Å². The lowest BCUT2D eigenvalue weighted by Crippen LogP contribution is -2.33. The zero-order valence-electron chi connectivity index (χ0n) is 16.7. The van der Waals surface area contributed by atoms with Crippen LogP contribution in [0, 0.1) is 5.92 Å². The van der Waals surface area contributed by atoms with Crippen LogP contribution in [0.15, 0.2) is 66.7 Å². The average molecular weight is 386 g/mol. The maximum absolute atomic E-state index is 12.2. The molecular weight excluding hydrogens is 360 g/mol. The standard InChI is InChI=1S/C24H26N4O/c1-18-13-15-28(16-14-18)23-12-11-22(26-27-23)20-7-9-21(10-8-20)25-24(29)17-19-5-3-2-4-6-19/h2-12,18H,13-17H2,1H3,(H,25,29). The van der Waals surface area contributed by atoms with Crippen molar-refractivity contribution in [3.63, 3.8) is 0 Å². The van der Waals surface area contributed by atoms with E-state index < -0.39 is 0 Å². The molecule has 3 aromatic rings. The number of hydrogen-bond donors (Lipinski definition) is 1. The molecule has 1 N–H and O–H groups in total. The van der Waals surface area contributed by atoms with Gasteiger partial charge >= 0.3 is 0 Å². The maximum atomic E-state index is 12.2. The number of amides is 1. The largest absolute Gasteiger partial charge is 0.355 e. The topological polar surface area (TPSA) is 58.1 Å². The lowest BCUT2D eigenvalue weighted by molar-refractivity contribution is -0.115. The van der Waals surface area contributed by atoms with E-state index in [4.69, 9.17) is 0 Å². The number of hydrogen-bond acceptors (Lipinski definition) is 4. The highest BCUT2D eigenvalue weighted by Gasteiger charge is 2.17. The van der Waals surface area contributed by atoms with E-state index in [-0.39, 0.29) is 5.91 Å². The van der Waals surface area contributed by atoms with E-state index in [1.165, 1.54) is 12.8 Å². The van der Waals surface area contributed by atoms with Crippen LogP contribution >= 0.6 is 0 Å². The molecule has 148 valence electrons. The Hall–Kier alpha value is -3.21. The summed E-state index contributed by atoms with van der Waals surface area (Å²) < 4.78 is 0. The molecule has 5 heteroatoms. The van der Waals surface area contributed by atoms with Crippen molar-refractivity contribution < 1.29 is 4.79 Å². The van der Waals surface area contributed by atoms with Gasteiger partial charge < -0.3 is 10.2 Å². The smallest absolute Gasteiger partial charge is 0.228 e. The third-order valence-electron chi connectivity index (χ3n) is 5.43. The number of nitrogens with zero attached hydrogens (tertiary/aromatic N) is 3.